The summed E-state index contributed by atoms with van der Waals surface area (Å²) in [5, 5.41) is 0. The Morgan fingerprint density at radius 3 is 2.67 bits per heavy atom. The summed E-state index contributed by atoms with van der Waals surface area (Å²) in [6, 6.07) is 1.91. The van der Waals surface area contributed by atoms with Crippen LogP contribution in [-0.2, 0) is 0 Å². The number of hydrazine groups is 1. The number of aromatic nitrogens is 2. The summed E-state index contributed by atoms with van der Waals surface area (Å²) in [4.78, 5) is 11.2. The van der Waals surface area contributed by atoms with Gasteiger partial charge >= 0.3 is 0 Å². The summed E-state index contributed by atoms with van der Waals surface area (Å²) >= 11 is 0. The summed E-state index contributed by atoms with van der Waals surface area (Å²) < 4.78 is 0. The summed E-state index contributed by atoms with van der Waals surface area (Å²) in [7, 11) is 2.09. The third-order valence-corrected chi connectivity index (χ3v) is 3.54. The molecule has 1 aromatic rings. The van der Waals surface area contributed by atoms with Crippen molar-refractivity contribution in [1.82, 2.24) is 9.97 Å². The number of hydrogen-bond acceptors (Lipinski definition) is 5. The topological polar surface area (TPSA) is 67.1 Å². The van der Waals surface area contributed by atoms with E-state index >= 15 is 0 Å². The van der Waals surface area contributed by atoms with Crippen LogP contribution in [0.2, 0.25) is 0 Å². The average molecular weight is 249 g/mol. The van der Waals surface area contributed by atoms with E-state index in [0.29, 0.717) is 11.7 Å². The highest BCUT2D eigenvalue weighted by atomic mass is 15.3. The van der Waals surface area contributed by atoms with Gasteiger partial charge in [-0.05, 0) is 18.8 Å². The van der Waals surface area contributed by atoms with E-state index in [1.54, 1.807) is 0 Å². The maximum atomic E-state index is 5.47. The Balaban J connectivity index is 2.16. The quantitative estimate of drug-likeness (QED) is 0.618. The van der Waals surface area contributed by atoms with Crippen molar-refractivity contribution in [2.75, 3.05) is 23.9 Å². The SMILES string of the molecule is CC(C)c1nc(NN)cc(N(C)CC2CCC2)n1. The van der Waals surface area contributed by atoms with Crippen molar-refractivity contribution in [3.8, 4) is 0 Å². The average Bonchev–Trinajstić information content (AvgIpc) is 2.32. The first kappa shape index (κ1) is 13.1. The molecule has 0 radical (unpaired) electrons. The predicted octanol–water partition coefficient (Wildman–Crippen LogP) is 2.12. The number of nitrogens with two attached hydrogens (primary N) is 1. The Hall–Kier alpha value is -1.36. The highest BCUT2D eigenvalue weighted by Gasteiger charge is 2.20. The van der Waals surface area contributed by atoms with Crippen LogP contribution in [0.5, 0.6) is 0 Å². The van der Waals surface area contributed by atoms with Crippen molar-refractivity contribution in [3.63, 3.8) is 0 Å². The van der Waals surface area contributed by atoms with Gasteiger partial charge in [0, 0.05) is 25.6 Å². The van der Waals surface area contributed by atoms with Crippen LogP contribution in [0.3, 0.4) is 0 Å². The molecule has 1 aromatic heterocycles. The van der Waals surface area contributed by atoms with Gasteiger partial charge in [0.15, 0.2) is 0 Å². The zero-order valence-corrected chi connectivity index (χ0v) is 11.5. The fraction of sp³-hybridized carbons (Fsp3) is 0.692. The van der Waals surface area contributed by atoms with E-state index in [0.717, 1.165) is 24.1 Å². The molecule has 1 aliphatic carbocycles. The van der Waals surface area contributed by atoms with E-state index in [1.165, 1.54) is 19.3 Å². The minimum absolute atomic E-state index is 0.300. The molecule has 0 atom stereocenters. The Morgan fingerprint density at radius 2 is 2.17 bits per heavy atom. The van der Waals surface area contributed by atoms with Gasteiger partial charge < -0.3 is 10.3 Å². The van der Waals surface area contributed by atoms with Gasteiger partial charge in [-0.25, -0.2) is 15.8 Å². The van der Waals surface area contributed by atoms with E-state index in [-0.39, 0.29) is 0 Å². The molecule has 3 N–H and O–H groups in total. The predicted molar refractivity (Wildman–Crippen MR) is 74.5 cm³/mol. The van der Waals surface area contributed by atoms with Gasteiger partial charge in [-0.2, -0.15) is 0 Å². The van der Waals surface area contributed by atoms with Gasteiger partial charge in [0.1, 0.15) is 17.5 Å². The largest absolute Gasteiger partial charge is 0.359 e. The molecule has 0 amide bonds. The van der Waals surface area contributed by atoms with Gasteiger partial charge in [0.2, 0.25) is 0 Å². The summed E-state index contributed by atoms with van der Waals surface area (Å²) in [5.74, 6) is 9.06. The normalized spacial score (nSPS) is 15.6. The number of rotatable bonds is 5. The van der Waals surface area contributed by atoms with Crippen LogP contribution in [0, 0.1) is 5.92 Å². The molecule has 1 saturated carbocycles. The van der Waals surface area contributed by atoms with Gasteiger partial charge in [-0.15, -0.1) is 0 Å². The summed E-state index contributed by atoms with van der Waals surface area (Å²) in [6.07, 6.45) is 4.05. The fourth-order valence-corrected chi connectivity index (χ4v) is 2.14. The maximum absolute atomic E-state index is 5.47. The van der Waals surface area contributed by atoms with Crippen molar-refractivity contribution < 1.29 is 0 Å². The standard InChI is InChI=1S/C13H23N5/c1-9(2)13-15-11(17-14)7-12(16-13)18(3)8-10-5-4-6-10/h7,9-10H,4-6,8,14H2,1-3H3,(H,15,16,17). The van der Waals surface area contributed by atoms with Crippen molar-refractivity contribution in [3.05, 3.63) is 11.9 Å². The summed E-state index contributed by atoms with van der Waals surface area (Å²) in [5.41, 5.74) is 2.62. The lowest BCUT2D eigenvalue weighted by Gasteiger charge is -2.31. The molecule has 100 valence electrons. The van der Waals surface area contributed by atoms with Crippen LogP contribution in [0.25, 0.3) is 0 Å². The Labute approximate surface area is 109 Å². The summed E-state index contributed by atoms with van der Waals surface area (Å²) in [6.45, 7) is 5.25. The van der Waals surface area contributed by atoms with E-state index in [2.05, 4.69) is 41.2 Å². The van der Waals surface area contributed by atoms with Crippen molar-refractivity contribution >= 4 is 11.6 Å². The van der Waals surface area contributed by atoms with Crippen LogP contribution >= 0.6 is 0 Å². The molecule has 2 rings (SSSR count). The third kappa shape index (κ3) is 2.90. The molecule has 0 bridgehead atoms. The Morgan fingerprint density at radius 1 is 1.44 bits per heavy atom. The number of nitrogens with one attached hydrogen (secondary N) is 1. The minimum Gasteiger partial charge on any atom is -0.359 e. The highest BCUT2D eigenvalue weighted by Crippen LogP contribution is 2.28. The van der Waals surface area contributed by atoms with Gasteiger partial charge in [0.25, 0.3) is 0 Å². The smallest absolute Gasteiger partial charge is 0.145 e. The van der Waals surface area contributed by atoms with Gasteiger partial charge in [-0.1, -0.05) is 20.3 Å². The van der Waals surface area contributed by atoms with E-state index < -0.39 is 0 Å². The molecule has 0 unspecified atom stereocenters. The Kier molecular flexibility index (Phi) is 4.01. The lowest BCUT2D eigenvalue weighted by Crippen LogP contribution is -2.30. The molecule has 1 heterocycles. The molecule has 0 aromatic carbocycles. The van der Waals surface area contributed by atoms with E-state index in [9.17, 15) is 0 Å². The van der Waals surface area contributed by atoms with Crippen LogP contribution in [0.1, 0.15) is 44.9 Å². The first-order valence-corrected chi connectivity index (χ1v) is 6.67. The van der Waals surface area contributed by atoms with Crippen LogP contribution in [-0.4, -0.2) is 23.6 Å². The molecular weight excluding hydrogens is 226 g/mol. The highest BCUT2D eigenvalue weighted by molar-refractivity contribution is 5.48. The molecule has 1 fully saturated rings. The second kappa shape index (κ2) is 5.52. The van der Waals surface area contributed by atoms with Crippen molar-refractivity contribution in [2.45, 2.75) is 39.0 Å². The van der Waals surface area contributed by atoms with E-state index in [4.69, 9.17) is 5.84 Å². The van der Waals surface area contributed by atoms with Crippen LogP contribution in [0.4, 0.5) is 11.6 Å². The first-order chi connectivity index (χ1) is 8.60. The second-order valence-corrected chi connectivity index (χ2v) is 5.45. The molecule has 1 aliphatic rings. The monoisotopic (exact) mass is 249 g/mol. The molecule has 5 nitrogen and oxygen atoms in total. The molecule has 5 heteroatoms. The molecule has 0 aliphatic heterocycles. The van der Waals surface area contributed by atoms with Crippen LogP contribution in [0.15, 0.2) is 6.07 Å². The fourth-order valence-electron chi connectivity index (χ4n) is 2.14. The number of anilines is 2. The zero-order valence-electron chi connectivity index (χ0n) is 11.5. The first-order valence-electron chi connectivity index (χ1n) is 6.67. The molecule has 18 heavy (non-hydrogen) atoms. The molecule has 0 saturated heterocycles. The van der Waals surface area contributed by atoms with Crippen molar-refractivity contribution in [1.29, 1.82) is 0 Å². The maximum Gasteiger partial charge on any atom is 0.145 e. The lowest BCUT2D eigenvalue weighted by atomic mass is 9.85. The van der Waals surface area contributed by atoms with Crippen LogP contribution < -0.4 is 16.2 Å². The minimum atomic E-state index is 0.300. The van der Waals surface area contributed by atoms with Crippen molar-refractivity contribution in [2.24, 2.45) is 11.8 Å². The zero-order chi connectivity index (χ0) is 13.1. The lowest BCUT2D eigenvalue weighted by molar-refractivity contribution is 0.321. The van der Waals surface area contributed by atoms with Gasteiger partial charge in [-0.3, -0.25) is 0 Å². The second-order valence-electron chi connectivity index (χ2n) is 5.45. The van der Waals surface area contributed by atoms with E-state index in [1.807, 2.05) is 6.07 Å². The molecule has 0 spiro atoms. The number of nitrogen functional groups attached to an aromatic ring is 1. The number of hydrogen-bond donors (Lipinski definition) is 2. The Bertz CT molecular complexity index is 400. The molecular formula is C13H23N5. The number of nitrogens with zero attached hydrogens (tertiary/aromatic N) is 3. The van der Waals surface area contributed by atoms with Gasteiger partial charge in [0.05, 0.1) is 0 Å². The third-order valence-electron chi connectivity index (χ3n) is 3.54.